The van der Waals surface area contributed by atoms with E-state index in [0.717, 1.165) is 61.6 Å². The fourth-order valence-electron chi connectivity index (χ4n) is 4.17. The minimum atomic E-state index is -0.0492. The summed E-state index contributed by atoms with van der Waals surface area (Å²) in [5, 5.41) is 3.11. The third-order valence-electron chi connectivity index (χ3n) is 6.11. The van der Waals surface area contributed by atoms with Gasteiger partial charge in [-0.05, 0) is 61.2 Å². The Bertz CT molecular complexity index is 860. The lowest BCUT2D eigenvalue weighted by atomic mass is 10.0. The van der Waals surface area contributed by atoms with Gasteiger partial charge in [-0.2, -0.15) is 0 Å². The Morgan fingerprint density at radius 1 is 1.03 bits per heavy atom. The van der Waals surface area contributed by atoms with Crippen LogP contribution in [-0.4, -0.2) is 48.3 Å². The van der Waals surface area contributed by atoms with Crippen molar-refractivity contribution in [3.8, 4) is 11.5 Å². The number of ether oxygens (including phenoxy) is 2. The van der Waals surface area contributed by atoms with Crippen molar-refractivity contribution in [1.82, 2.24) is 9.80 Å². The Balaban J connectivity index is 1.50. The van der Waals surface area contributed by atoms with Crippen molar-refractivity contribution in [3.05, 3.63) is 53.6 Å². The number of benzene rings is 2. The van der Waals surface area contributed by atoms with Gasteiger partial charge in [-0.1, -0.05) is 32.0 Å². The largest absolute Gasteiger partial charge is 0.454 e. The first-order valence-corrected chi connectivity index (χ1v) is 10.9. The normalized spacial score (nSPS) is 16.5. The quantitative estimate of drug-likeness (QED) is 0.763. The van der Waals surface area contributed by atoms with Gasteiger partial charge in [0.25, 0.3) is 0 Å². The van der Waals surface area contributed by atoms with E-state index in [1.807, 2.05) is 35.2 Å². The molecule has 2 heterocycles. The van der Waals surface area contributed by atoms with Crippen LogP contribution in [0.4, 0.5) is 10.5 Å². The Kier molecular flexibility index (Phi) is 6.43. The lowest BCUT2D eigenvalue weighted by molar-refractivity contribution is 0.126. The van der Waals surface area contributed by atoms with Crippen molar-refractivity contribution in [3.63, 3.8) is 0 Å². The maximum absolute atomic E-state index is 13.3. The van der Waals surface area contributed by atoms with Gasteiger partial charge < -0.3 is 24.6 Å². The van der Waals surface area contributed by atoms with Crippen molar-refractivity contribution < 1.29 is 14.3 Å². The van der Waals surface area contributed by atoms with Crippen LogP contribution >= 0.6 is 0 Å². The minimum Gasteiger partial charge on any atom is -0.454 e. The minimum absolute atomic E-state index is 0.0492. The predicted octanol–water partition coefficient (Wildman–Crippen LogP) is 4.50. The fourth-order valence-corrected chi connectivity index (χ4v) is 4.17. The molecule has 30 heavy (non-hydrogen) atoms. The summed E-state index contributed by atoms with van der Waals surface area (Å²) in [4.78, 5) is 17.7. The number of nitrogens with zero attached hydrogens (tertiary/aromatic N) is 2. The number of piperidine rings is 1. The van der Waals surface area contributed by atoms with E-state index in [2.05, 4.69) is 36.2 Å². The standard InChI is InChI=1S/C24H31N3O3/c1-3-18-5-8-20(9-6-18)25-24(28)27(21-11-13-26(4-2)14-12-21)16-19-7-10-22-23(15-19)30-17-29-22/h5-10,15,21H,3-4,11-14,16-17H2,1-2H3,(H,25,28). The van der Waals surface area contributed by atoms with Crippen LogP contribution in [-0.2, 0) is 13.0 Å². The van der Waals surface area contributed by atoms with Gasteiger partial charge >= 0.3 is 6.03 Å². The third-order valence-corrected chi connectivity index (χ3v) is 6.11. The zero-order valence-electron chi connectivity index (χ0n) is 17.9. The molecule has 0 aliphatic carbocycles. The first-order valence-electron chi connectivity index (χ1n) is 10.9. The topological polar surface area (TPSA) is 54.0 Å². The Morgan fingerprint density at radius 2 is 1.73 bits per heavy atom. The van der Waals surface area contributed by atoms with Crippen molar-refractivity contribution >= 4 is 11.7 Å². The summed E-state index contributed by atoms with van der Waals surface area (Å²) in [6, 6.07) is 14.2. The number of aryl methyl sites for hydroxylation is 1. The number of hydrogen-bond acceptors (Lipinski definition) is 4. The summed E-state index contributed by atoms with van der Waals surface area (Å²) in [7, 11) is 0. The molecule has 2 aromatic carbocycles. The molecule has 4 rings (SSSR count). The molecule has 2 aliphatic rings. The van der Waals surface area contributed by atoms with Crippen molar-refractivity contribution in [2.24, 2.45) is 0 Å². The summed E-state index contributed by atoms with van der Waals surface area (Å²) in [6.45, 7) is 8.23. The Hall–Kier alpha value is -2.73. The number of rotatable bonds is 6. The highest BCUT2D eigenvalue weighted by Gasteiger charge is 2.28. The molecular formula is C24H31N3O3. The van der Waals surface area contributed by atoms with E-state index in [0.29, 0.717) is 6.54 Å². The highest BCUT2D eigenvalue weighted by molar-refractivity contribution is 5.89. The van der Waals surface area contributed by atoms with Gasteiger partial charge in [0.1, 0.15) is 0 Å². The highest BCUT2D eigenvalue weighted by atomic mass is 16.7. The molecule has 2 aromatic rings. The average Bonchev–Trinajstić information content (AvgIpc) is 3.26. The lowest BCUT2D eigenvalue weighted by Crippen LogP contribution is -2.48. The van der Waals surface area contributed by atoms with Crippen LogP contribution in [0.5, 0.6) is 11.5 Å². The van der Waals surface area contributed by atoms with Crippen LogP contribution in [0.1, 0.15) is 37.8 Å². The molecule has 0 radical (unpaired) electrons. The van der Waals surface area contributed by atoms with Crippen molar-refractivity contribution in [1.29, 1.82) is 0 Å². The van der Waals surface area contributed by atoms with E-state index in [9.17, 15) is 4.79 Å². The number of anilines is 1. The summed E-state index contributed by atoms with van der Waals surface area (Å²) >= 11 is 0. The van der Waals surface area contributed by atoms with E-state index in [-0.39, 0.29) is 18.9 Å². The van der Waals surface area contributed by atoms with Gasteiger partial charge in [0.05, 0.1) is 0 Å². The molecule has 0 atom stereocenters. The number of likely N-dealkylation sites (tertiary alicyclic amines) is 1. The number of carbonyl (C=O) groups excluding carboxylic acids is 1. The molecule has 6 nitrogen and oxygen atoms in total. The van der Waals surface area contributed by atoms with Gasteiger partial charge in [-0.25, -0.2) is 4.79 Å². The summed E-state index contributed by atoms with van der Waals surface area (Å²) in [6.07, 6.45) is 2.96. The number of urea groups is 1. The molecule has 2 aliphatic heterocycles. The molecule has 1 N–H and O–H groups in total. The molecule has 1 fully saturated rings. The van der Waals surface area contributed by atoms with Crippen LogP contribution in [0, 0.1) is 0 Å². The number of nitrogens with one attached hydrogen (secondary N) is 1. The van der Waals surface area contributed by atoms with Gasteiger partial charge in [0.2, 0.25) is 6.79 Å². The number of carbonyl (C=O) groups is 1. The zero-order valence-corrected chi connectivity index (χ0v) is 17.9. The second-order valence-corrected chi connectivity index (χ2v) is 7.96. The molecule has 6 heteroatoms. The molecule has 0 saturated carbocycles. The van der Waals surface area contributed by atoms with Crippen molar-refractivity contribution in [2.75, 3.05) is 31.7 Å². The van der Waals surface area contributed by atoms with Crippen LogP contribution in [0.15, 0.2) is 42.5 Å². The SMILES string of the molecule is CCc1ccc(NC(=O)N(Cc2ccc3c(c2)OCO3)C2CCN(CC)CC2)cc1. The zero-order chi connectivity index (χ0) is 20.9. The van der Waals surface area contributed by atoms with E-state index in [1.54, 1.807) is 0 Å². The Labute approximate surface area is 178 Å². The van der Waals surface area contributed by atoms with Crippen LogP contribution < -0.4 is 14.8 Å². The second kappa shape index (κ2) is 9.39. The smallest absolute Gasteiger partial charge is 0.322 e. The molecule has 0 spiro atoms. The molecule has 0 bridgehead atoms. The van der Waals surface area contributed by atoms with E-state index in [4.69, 9.17) is 9.47 Å². The second-order valence-electron chi connectivity index (χ2n) is 7.96. The highest BCUT2D eigenvalue weighted by Crippen LogP contribution is 2.33. The van der Waals surface area contributed by atoms with Crippen molar-refractivity contribution in [2.45, 2.75) is 45.7 Å². The van der Waals surface area contributed by atoms with Crippen LogP contribution in [0.3, 0.4) is 0 Å². The van der Waals surface area contributed by atoms with Gasteiger partial charge in [-0.15, -0.1) is 0 Å². The third kappa shape index (κ3) is 4.70. The van der Waals surface area contributed by atoms with Crippen LogP contribution in [0.2, 0.25) is 0 Å². The summed E-state index contributed by atoms with van der Waals surface area (Å²) in [5.41, 5.74) is 3.14. The molecule has 1 saturated heterocycles. The maximum Gasteiger partial charge on any atom is 0.322 e. The first-order chi connectivity index (χ1) is 14.7. The first kappa shape index (κ1) is 20.5. The maximum atomic E-state index is 13.3. The predicted molar refractivity (Wildman–Crippen MR) is 118 cm³/mol. The number of hydrogen-bond donors (Lipinski definition) is 1. The Morgan fingerprint density at radius 3 is 2.43 bits per heavy atom. The van der Waals surface area contributed by atoms with Gasteiger partial charge in [0, 0.05) is 31.4 Å². The average molecular weight is 410 g/mol. The number of fused-ring (bicyclic) bond motifs is 1. The van der Waals surface area contributed by atoms with Crippen LogP contribution in [0.25, 0.3) is 0 Å². The molecule has 2 amide bonds. The van der Waals surface area contributed by atoms with Gasteiger partial charge in [0.15, 0.2) is 11.5 Å². The fraction of sp³-hybridized carbons (Fsp3) is 0.458. The lowest BCUT2D eigenvalue weighted by Gasteiger charge is -2.38. The molecule has 160 valence electrons. The molecule has 0 unspecified atom stereocenters. The molecular weight excluding hydrogens is 378 g/mol. The summed E-state index contributed by atoms with van der Waals surface area (Å²) < 4.78 is 10.9. The summed E-state index contributed by atoms with van der Waals surface area (Å²) in [5.74, 6) is 1.52. The number of amides is 2. The van der Waals surface area contributed by atoms with E-state index < -0.39 is 0 Å². The van der Waals surface area contributed by atoms with E-state index in [1.165, 1.54) is 5.56 Å². The monoisotopic (exact) mass is 409 g/mol. The van der Waals surface area contributed by atoms with E-state index >= 15 is 0 Å². The van der Waals surface area contributed by atoms with Gasteiger partial charge in [-0.3, -0.25) is 0 Å². The molecule has 0 aromatic heterocycles.